The molecule has 1 atom stereocenters. The van der Waals surface area contributed by atoms with Crippen molar-refractivity contribution >= 4 is 17.5 Å². The molecule has 0 saturated carbocycles. The van der Waals surface area contributed by atoms with Crippen molar-refractivity contribution in [1.29, 1.82) is 0 Å². The van der Waals surface area contributed by atoms with E-state index in [1.807, 2.05) is 0 Å². The Balaban J connectivity index is 1.80. The fraction of sp³-hybridized carbons (Fsp3) is 0.389. The minimum atomic E-state index is -0.909. The van der Waals surface area contributed by atoms with Gasteiger partial charge in [-0.15, -0.1) is 0 Å². The average Bonchev–Trinajstić information content (AvgIpc) is 3.05. The molecule has 6 nitrogen and oxygen atoms in total. The lowest BCUT2D eigenvalue weighted by Gasteiger charge is -2.30. The molecular weight excluding hydrogens is 340 g/mol. The number of likely N-dealkylation sites (tertiary alicyclic amines) is 1. The van der Waals surface area contributed by atoms with Crippen molar-refractivity contribution in [3.8, 4) is 11.6 Å². The van der Waals surface area contributed by atoms with Gasteiger partial charge in [-0.1, -0.05) is 11.6 Å². The molecule has 2 N–H and O–H groups in total. The van der Waals surface area contributed by atoms with E-state index >= 15 is 0 Å². The van der Waals surface area contributed by atoms with Gasteiger partial charge in [0.1, 0.15) is 5.75 Å². The number of ether oxygens (including phenoxy) is 1. The molecule has 7 heteroatoms. The predicted octanol–water partition coefficient (Wildman–Crippen LogP) is 3.32. The predicted molar refractivity (Wildman–Crippen MR) is 95.5 cm³/mol. The Bertz CT molecular complexity index is 758. The highest BCUT2D eigenvalue weighted by atomic mass is 35.5. The van der Waals surface area contributed by atoms with Crippen molar-refractivity contribution in [1.82, 2.24) is 14.9 Å². The van der Waals surface area contributed by atoms with Crippen LogP contribution in [-0.4, -0.2) is 32.9 Å². The van der Waals surface area contributed by atoms with E-state index in [1.165, 1.54) is 0 Å². The first-order chi connectivity index (χ1) is 11.8. The molecule has 0 radical (unpaired) electrons. The molecule has 1 aromatic heterocycles. The third kappa shape index (κ3) is 4.08. The normalized spacial score (nSPS) is 17.6. The van der Waals surface area contributed by atoms with Crippen LogP contribution in [0.5, 0.6) is 11.6 Å². The summed E-state index contributed by atoms with van der Waals surface area (Å²) in [5.74, 6) is 0.922. The number of nitrogens with zero attached hydrogens (tertiary/aromatic N) is 3. The van der Waals surface area contributed by atoms with E-state index in [4.69, 9.17) is 22.1 Å². The van der Waals surface area contributed by atoms with Crippen LogP contribution in [0.2, 0.25) is 5.02 Å². The summed E-state index contributed by atoms with van der Waals surface area (Å²) in [5.41, 5.74) is 5.78. The highest BCUT2D eigenvalue weighted by Crippen LogP contribution is 2.33. The first-order valence-electron chi connectivity index (χ1n) is 8.20. The molecule has 1 fully saturated rings. The summed E-state index contributed by atoms with van der Waals surface area (Å²) < 4.78 is 5.74. The summed E-state index contributed by atoms with van der Waals surface area (Å²) in [7, 11) is 0. The highest BCUT2D eigenvalue weighted by Gasteiger charge is 2.37. The number of rotatable bonds is 4. The Hall–Kier alpha value is -2.18. The van der Waals surface area contributed by atoms with Crippen LogP contribution in [0.15, 0.2) is 36.7 Å². The van der Waals surface area contributed by atoms with Gasteiger partial charge in [0, 0.05) is 11.6 Å². The van der Waals surface area contributed by atoms with Crippen LogP contribution in [-0.2, 0) is 4.79 Å². The zero-order chi connectivity index (χ0) is 18.0. The maximum atomic E-state index is 12.6. The summed E-state index contributed by atoms with van der Waals surface area (Å²) in [4.78, 5) is 23.1. The van der Waals surface area contributed by atoms with Gasteiger partial charge in [-0.3, -0.25) is 9.78 Å². The van der Waals surface area contributed by atoms with Gasteiger partial charge < -0.3 is 15.4 Å². The van der Waals surface area contributed by atoms with Crippen molar-refractivity contribution in [2.45, 2.75) is 38.3 Å². The van der Waals surface area contributed by atoms with E-state index in [0.29, 0.717) is 28.9 Å². The zero-order valence-electron chi connectivity index (χ0n) is 14.3. The van der Waals surface area contributed by atoms with Crippen molar-refractivity contribution in [2.75, 3.05) is 6.54 Å². The number of benzene rings is 1. The molecule has 1 aliphatic heterocycles. The van der Waals surface area contributed by atoms with Gasteiger partial charge in [-0.25, -0.2) is 4.98 Å². The Morgan fingerprint density at radius 1 is 1.32 bits per heavy atom. The molecule has 1 aromatic carbocycles. The van der Waals surface area contributed by atoms with Gasteiger partial charge in [-0.2, -0.15) is 0 Å². The van der Waals surface area contributed by atoms with Crippen LogP contribution >= 0.6 is 11.6 Å². The maximum Gasteiger partial charge on any atom is 0.242 e. The van der Waals surface area contributed by atoms with E-state index in [0.717, 1.165) is 12.8 Å². The van der Waals surface area contributed by atoms with Crippen LogP contribution in [0.3, 0.4) is 0 Å². The maximum absolute atomic E-state index is 12.6. The molecule has 25 heavy (non-hydrogen) atoms. The van der Waals surface area contributed by atoms with Crippen LogP contribution < -0.4 is 10.5 Å². The number of aromatic nitrogens is 2. The third-order valence-electron chi connectivity index (χ3n) is 4.07. The number of halogens is 1. The number of nitrogens with two attached hydrogens (primary N) is 1. The highest BCUT2D eigenvalue weighted by molar-refractivity contribution is 6.30. The standard InChI is InChI=1S/C18H21ClN4O2/c1-18(2,20)17(24)23-9-3-4-15(23)14-10-21-11-16(22-14)25-13-7-5-12(19)6-8-13/h5-8,10-11,15H,3-4,9,20H2,1-2H3. The van der Waals surface area contributed by atoms with Gasteiger partial charge in [0.2, 0.25) is 11.8 Å². The summed E-state index contributed by atoms with van der Waals surface area (Å²) in [5, 5.41) is 0.636. The van der Waals surface area contributed by atoms with Crippen LogP contribution in [0.4, 0.5) is 0 Å². The smallest absolute Gasteiger partial charge is 0.242 e. The molecule has 3 rings (SSSR count). The Labute approximate surface area is 152 Å². The van der Waals surface area contributed by atoms with Crippen molar-refractivity contribution in [3.63, 3.8) is 0 Å². The number of hydrogen-bond donors (Lipinski definition) is 1. The topological polar surface area (TPSA) is 81.3 Å². The second-order valence-electron chi connectivity index (χ2n) is 6.72. The number of carbonyl (C=O) groups excluding carboxylic acids is 1. The van der Waals surface area contributed by atoms with Crippen LogP contribution in [0.1, 0.15) is 38.4 Å². The van der Waals surface area contributed by atoms with E-state index in [2.05, 4.69) is 9.97 Å². The first kappa shape index (κ1) is 17.6. The van der Waals surface area contributed by atoms with Gasteiger partial charge >= 0.3 is 0 Å². The van der Waals surface area contributed by atoms with Gasteiger partial charge in [0.25, 0.3) is 0 Å². The number of amides is 1. The minimum Gasteiger partial charge on any atom is -0.437 e. The Kier molecular flexibility index (Phi) is 4.92. The fourth-order valence-electron chi connectivity index (χ4n) is 2.88. The summed E-state index contributed by atoms with van der Waals surface area (Å²) >= 11 is 5.88. The molecule has 2 heterocycles. The van der Waals surface area contributed by atoms with Crippen LogP contribution in [0.25, 0.3) is 0 Å². The molecule has 2 aromatic rings. The molecule has 1 saturated heterocycles. The SMILES string of the molecule is CC(C)(N)C(=O)N1CCCC1c1cncc(Oc2ccc(Cl)cc2)n1. The lowest BCUT2D eigenvalue weighted by Crippen LogP contribution is -2.50. The monoisotopic (exact) mass is 360 g/mol. The lowest BCUT2D eigenvalue weighted by atomic mass is 10.0. The lowest BCUT2D eigenvalue weighted by molar-refractivity contribution is -0.136. The molecule has 132 valence electrons. The second kappa shape index (κ2) is 6.98. The van der Waals surface area contributed by atoms with E-state index in [1.54, 1.807) is 55.4 Å². The largest absolute Gasteiger partial charge is 0.437 e. The van der Waals surface area contributed by atoms with Crippen LogP contribution in [0, 0.1) is 0 Å². The molecule has 0 bridgehead atoms. The molecule has 0 aliphatic carbocycles. The molecule has 1 unspecified atom stereocenters. The summed E-state index contributed by atoms with van der Waals surface area (Å²) in [6.07, 6.45) is 4.97. The number of carbonyl (C=O) groups is 1. The molecular formula is C18H21ClN4O2. The molecule has 0 spiro atoms. The average molecular weight is 361 g/mol. The van der Waals surface area contributed by atoms with Gasteiger partial charge in [0.05, 0.1) is 29.7 Å². The zero-order valence-corrected chi connectivity index (χ0v) is 15.0. The third-order valence-corrected chi connectivity index (χ3v) is 4.33. The molecule has 1 amide bonds. The second-order valence-corrected chi connectivity index (χ2v) is 7.15. The quantitative estimate of drug-likeness (QED) is 0.904. The summed E-state index contributed by atoms with van der Waals surface area (Å²) in [6.45, 7) is 4.11. The number of hydrogen-bond acceptors (Lipinski definition) is 5. The minimum absolute atomic E-state index is 0.0826. The summed E-state index contributed by atoms with van der Waals surface area (Å²) in [6, 6.07) is 6.89. The van der Waals surface area contributed by atoms with Crippen molar-refractivity contribution < 1.29 is 9.53 Å². The van der Waals surface area contributed by atoms with Gasteiger partial charge in [0.15, 0.2) is 0 Å². The fourth-order valence-corrected chi connectivity index (χ4v) is 3.01. The first-order valence-corrected chi connectivity index (χ1v) is 8.58. The molecule has 1 aliphatic rings. The van der Waals surface area contributed by atoms with Crippen molar-refractivity contribution in [2.24, 2.45) is 5.73 Å². The van der Waals surface area contributed by atoms with Gasteiger partial charge in [-0.05, 0) is 51.0 Å². The Morgan fingerprint density at radius 2 is 2.04 bits per heavy atom. The Morgan fingerprint density at radius 3 is 2.72 bits per heavy atom. The van der Waals surface area contributed by atoms with E-state index in [-0.39, 0.29) is 11.9 Å². The van der Waals surface area contributed by atoms with E-state index in [9.17, 15) is 4.79 Å². The van der Waals surface area contributed by atoms with E-state index < -0.39 is 5.54 Å². The van der Waals surface area contributed by atoms with Crippen molar-refractivity contribution in [3.05, 3.63) is 47.4 Å².